The molecule has 21 heavy (non-hydrogen) atoms. The van der Waals surface area contributed by atoms with E-state index in [2.05, 4.69) is 41.3 Å². The first kappa shape index (κ1) is 15.0. The molecule has 5 heteroatoms. The highest BCUT2D eigenvalue weighted by atomic mass is 16.4. The Hall–Kier alpha value is -2.43. The summed E-state index contributed by atoms with van der Waals surface area (Å²) in [5.74, 6) is -0.588. The average Bonchev–Trinajstić information content (AvgIpc) is 2.47. The van der Waals surface area contributed by atoms with Crippen molar-refractivity contribution in [3.8, 4) is 0 Å². The van der Waals surface area contributed by atoms with Crippen molar-refractivity contribution in [1.82, 2.24) is 9.97 Å². The van der Waals surface area contributed by atoms with Gasteiger partial charge in [0.2, 0.25) is 5.95 Å². The molecule has 1 aromatic carbocycles. The normalized spacial score (nSPS) is 10.4. The Labute approximate surface area is 124 Å². The van der Waals surface area contributed by atoms with E-state index in [0.29, 0.717) is 11.6 Å². The minimum absolute atomic E-state index is 0.125. The Morgan fingerprint density at radius 3 is 2.33 bits per heavy atom. The molecule has 0 aliphatic rings. The molecule has 2 rings (SSSR count). The summed E-state index contributed by atoms with van der Waals surface area (Å²) in [6, 6.07) is 6.18. The number of aromatic nitrogens is 2. The van der Waals surface area contributed by atoms with Crippen LogP contribution in [-0.2, 0) is 12.8 Å². The molecule has 2 aromatic rings. The molecule has 5 nitrogen and oxygen atoms in total. The van der Waals surface area contributed by atoms with Crippen LogP contribution in [-0.4, -0.2) is 21.0 Å². The Morgan fingerprint density at radius 1 is 1.24 bits per heavy atom. The Bertz CT molecular complexity index is 646. The second-order valence-corrected chi connectivity index (χ2v) is 4.78. The van der Waals surface area contributed by atoms with Gasteiger partial charge in [0.15, 0.2) is 0 Å². The van der Waals surface area contributed by atoms with E-state index in [0.717, 1.165) is 18.5 Å². The predicted molar refractivity (Wildman–Crippen MR) is 82.2 cm³/mol. The molecule has 0 fully saturated rings. The second kappa shape index (κ2) is 6.35. The van der Waals surface area contributed by atoms with Gasteiger partial charge in [0.25, 0.3) is 0 Å². The van der Waals surface area contributed by atoms with Crippen LogP contribution >= 0.6 is 0 Å². The van der Waals surface area contributed by atoms with Crippen LogP contribution in [0, 0.1) is 6.92 Å². The fourth-order valence-electron chi connectivity index (χ4n) is 2.25. The van der Waals surface area contributed by atoms with Crippen molar-refractivity contribution < 1.29 is 9.90 Å². The first-order valence-electron chi connectivity index (χ1n) is 7.01. The lowest BCUT2D eigenvalue weighted by Gasteiger charge is -2.14. The number of aromatic carboxylic acids is 1. The largest absolute Gasteiger partial charge is 0.478 e. The van der Waals surface area contributed by atoms with E-state index >= 15 is 0 Å². The van der Waals surface area contributed by atoms with Crippen molar-refractivity contribution in [1.29, 1.82) is 0 Å². The fourth-order valence-corrected chi connectivity index (χ4v) is 2.25. The zero-order valence-corrected chi connectivity index (χ0v) is 12.5. The molecule has 0 aliphatic heterocycles. The Kier molecular flexibility index (Phi) is 4.52. The topological polar surface area (TPSA) is 75.1 Å². The zero-order chi connectivity index (χ0) is 15.4. The molecule has 0 atom stereocenters. The lowest BCUT2D eigenvalue weighted by atomic mass is 10.0. The second-order valence-electron chi connectivity index (χ2n) is 4.78. The maximum Gasteiger partial charge on any atom is 0.339 e. The molecule has 0 unspecified atom stereocenters. The highest BCUT2D eigenvalue weighted by Gasteiger charge is 2.12. The third-order valence-corrected chi connectivity index (χ3v) is 3.45. The summed E-state index contributed by atoms with van der Waals surface area (Å²) in [4.78, 5) is 19.3. The number of hydrogen-bond donors (Lipinski definition) is 2. The summed E-state index contributed by atoms with van der Waals surface area (Å²) in [6.45, 7) is 5.86. The third-order valence-electron chi connectivity index (χ3n) is 3.45. The van der Waals surface area contributed by atoms with Crippen LogP contribution < -0.4 is 5.32 Å². The molecule has 110 valence electrons. The highest BCUT2D eigenvalue weighted by molar-refractivity contribution is 5.88. The first-order valence-corrected chi connectivity index (χ1v) is 7.01. The van der Waals surface area contributed by atoms with Gasteiger partial charge in [-0.25, -0.2) is 14.8 Å². The van der Waals surface area contributed by atoms with Gasteiger partial charge in [-0.3, -0.25) is 0 Å². The smallest absolute Gasteiger partial charge is 0.339 e. The number of rotatable bonds is 5. The maximum atomic E-state index is 11.0. The number of nitrogens with zero attached hydrogens (tertiary/aromatic N) is 2. The van der Waals surface area contributed by atoms with E-state index in [9.17, 15) is 4.79 Å². The van der Waals surface area contributed by atoms with Gasteiger partial charge >= 0.3 is 5.97 Å². The summed E-state index contributed by atoms with van der Waals surface area (Å²) in [7, 11) is 0. The molecule has 2 N–H and O–H groups in total. The Balaban J connectivity index is 2.38. The lowest BCUT2D eigenvalue weighted by molar-refractivity contribution is 0.0695. The van der Waals surface area contributed by atoms with E-state index in [1.807, 2.05) is 6.07 Å². The van der Waals surface area contributed by atoms with Crippen LogP contribution in [0.1, 0.15) is 41.0 Å². The van der Waals surface area contributed by atoms with Crippen LogP contribution in [0.5, 0.6) is 0 Å². The zero-order valence-electron chi connectivity index (χ0n) is 12.5. The minimum Gasteiger partial charge on any atom is -0.478 e. The van der Waals surface area contributed by atoms with Crippen LogP contribution in [0.15, 0.2) is 24.4 Å². The number of carboxylic acid groups (broad SMARTS) is 1. The number of aryl methyl sites for hydroxylation is 3. The highest BCUT2D eigenvalue weighted by Crippen LogP contribution is 2.25. The number of carbonyl (C=O) groups is 1. The molecule has 1 aromatic heterocycles. The van der Waals surface area contributed by atoms with Crippen molar-refractivity contribution in [2.75, 3.05) is 5.32 Å². The first-order chi connectivity index (χ1) is 10.1. The minimum atomic E-state index is -1.01. The summed E-state index contributed by atoms with van der Waals surface area (Å²) in [5, 5.41) is 12.2. The van der Waals surface area contributed by atoms with E-state index in [-0.39, 0.29) is 5.56 Å². The van der Waals surface area contributed by atoms with Gasteiger partial charge in [-0.15, -0.1) is 0 Å². The number of hydrogen-bond acceptors (Lipinski definition) is 4. The van der Waals surface area contributed by atoms with Crippen LogP contribution in [0.3, 0.4) is 0 Å². The molecule has 0 aliphatic carbocycles. The van der Waals surface area contributed by atoms with Gasteiger partial charge in [0.1, 0.15) is 0 Å². The van der Waals surface area contributed by atoms with Crippen molar-refractivity contribution in [2.45, 2.75) is 33.6 Å². The summed E-state index contributed by atoms with van der Waals surface area (Å²) < 4.78 is 0. The van der Waals surface area contributed by atoms with Gasteiger partial charge in [-0.2, -0.15) is 0 Å². The molecular formula is C16H19N3O2. The number of anilines is 2. The molecule has 1 heterocycles. The Morgan fingerprint density at radius 2 is 1.86 bits per heavy atom. The van der Waals surface area contributed by atoms with Gasteiger partial charge in [0.05, 0.1) is 11.3 Å². The van der Waals surface area contributed by atoms with Gasteiger partial charge in [0, 0.05) is 11.9 Å². The standard InChI is InChI=1S/C16H19N3O2/c1-4-11-7-6-8-12(5-2)14(11)19-16-17-9-13(15(20)21)10(3)18-16/h6-9H,4-5H2,1-3H3,(H,20,21)(H,17,18,19). The fraction of sp³-hybridized carbons (Fsp3) is 0.312. The van der Waals surface area contributed by atoms with E-state index in [4.69, 9.17) is 5.11 Å². The molecule has 0 radical (unpaired) electrons. The molecule has 0 saturated carbocycles. The van der Waals surface area contributed by atoms with Gasteiger partial charge in [-0.05, 0) is 30.9 Å². The molecule has 0 spiro atoms. The summed E-state index contributed by atoms with van der Waals surface area (Å²) in [5.41, 5.74) is 3.98. The van der Waals surface area contributed by atoms with Crippen LogP contribution in [0.2, 0.25) is 0 Å². The number of nitrogens with one attached hydrogen (secondary N) is 1. The SMILES string of the molecule is CCc1cccc(CC)c1Nc1ncc(C(=O)O)c(C)n1. The van der Waals surface area contributed by atoms with E-state index in [1.54, 1.807) is 6.92 Å². The molecular weight excluding hydrogens is 266 g/mol. The summed E-state index contributed by atoms with van der Waals surface area (Å²) in [6.07, 6.45) is 3.15. The number of para-hydroxylation sites is 1. The number of carboxylic acids is 1. The van der Waals surface area contributed by atoms with Crippen molar-refractivity contribution in [3.05, 3.63) is 46.8 Å². The summed E-state index contributed by atoms with van der Waals surface area (Å²) >= 11 is 0. The van der Waals surface area contributed by atoms with E-state index < -0.39 is 5.97 Å². The maximum absolute atomic E-state index is 11.0. The predicted octanol–water partition coefficient (Wildman–Crippen LogP) is 3.35. The number of benzene rings is 1. The van der Waals surface area contributed by atoms with Gasteiger partial charge < -0.3 is 10.4 Å². The quantitative estimate of drug-likeness (QED) is 0.881. The monoisotopic (exact) mass is 285 g/mol. The molecule has 0 amide bonds. The van der Waals surface area contributed by atoms with Crippen LogP contribution in [0.4, 0.5) is 11.6 Å². The van der Waals surface area contributed by atoms with Crippen molar-refractivity contribution >= 4 is 17.6 Å². The third kappa shape index (κ3) is 3.18. The molecule has 0 bridgehead atoms. The molecule has 0 saturated heterocycles. The van der Waals surface area contributed by atoms with E-state index in [1.165, 1.54) is 17.3 Å². The van der Waals surface area contributed by atoms with Crippen LogP contribution in [0.25, 0.3) is 0 Å². The average molecular weight is 285 g/mol. The van der Waals surface area contributed by atoms with Crippen molar-refractivity contribution in [3.63, 3.8) is 0 Å². The lowest BCUT2D eigenvalue weighted by Crippen LogP contribution is -2.08. The van der Waals surface area contributed by atoms with Gasteiger partial charge in [-0.1, -0.05) is 32.0 Å². The van der Waals surface area contributed by atoms with Crippen molar-refractivity contribution in [2.24, 2.45) is 0 Å².